The van der Waals surface area contributed by atoms with Gasteiger partial charge in [-0.05, 0) is 175 Å². The van der Waals surface area contributed by atoms with Gasteiger partial charge in [-0.3, -0.25) is 0 Å². The lowest BCUT2D eigenvalue weighted by Gasteiger charge is -2.23. The molecule has 1 heterocycles. The first-order valence-electron chi connectivity index (χ1n) is 23.1. The topological polar surface area (TPSA) is 119 Å². The number of benzene rings is 6. The van der Waals surface area contributed by atoms with E-state index in [0.717, 1.165) is 93.9 Å². The first-order valence-corrected chi connectivity index (χ1v) is 26.4. The lowest BCUT2D eigenvalue weighted by Crippen LogP contribution is -2.05. The maximum atomic E-state index is 7.33. The summed E-state index contributed by atoms with van der Waals surface area (Å²) in [5.41, 5.74) is 5.58. The highest BCUT2D eigenvalue weighted by atomic mass is 127. The van der Waals surface area contributed by atoms with E-state index in [1.807, 2.05) is 84.9 Å². The van der Waals surface area contributed by atoms with Crippen molar-refractivity contribution in [2.45, 2.75) is 78.6 Å². The van der Waals surface area contributed by atoms with Crippen molar-refractivity contribution < 1.29 is 54.9 Å². The summed E-state index contributed by atoms with van der Waals surface area (Å²) in [6.45, 7) is 6.53. The van der Waals surface area contributed by atoms with Crippen molar-refractivity contribution in [1.29, 1.82) is 0 Å². The molecule has 69 heavy (non-hydrogen) atoms. The Morgan fingerprint density at radius 1 is 0.435 bits per heavy atom. The molecule has 7 rings (SSSR count). The van der Waals surface area contributed by atoms with Crippen LogP contribution in [0.2, 0.25) is 0 Å². The fourth-order valence-corrected chi connectivity index (χ4v) is 10.9. The second-order valence-corrected chi connectivity index (χ2v) is 19.3. The molecular weight excluding hydrogens is 1030 g/mol. The molecule has 7 aromatic rings. The predicted octanol–water partition coefficient (Wildman–Crippen LogP) is 16.2. The lowest BCUT2D eigenvalue weighted by atomic mass is 9.97. The van der Waals surface area contributed by atoms with Crippen LogP contribution in [-0.4, -0.2) is 42.7 Å². The van der Waals surface area contributed by atoms with Crippen molar-refractivity contribution in [3.63, 3.8) is 0 Å². The average molecular weight is 1090 g/mol. The zero-order valence-electron chi connectivity index (χ0n) is 40.8. The first kappa shape index (κ1) is 51.2. The van der Waals surface area contributed by atoms with Gasteiger partial charge in [0.15, 0.2) is 5.75 Å². The van der Waals surface area contributed by atoms with Crippen LogP contribution in [0.15, 0.2) is 105 Å². The molecule has 1 aromatic heterocycles. The van der Waals surface area contributed by atoms with Gasteiger partial charge in [-0.2, -0.15) is 0 Å². The lowest BCUT2D eigenvalue weighted by molar-refractivity contribution is 0.382. The Balaban J connectivity index is 1.48. The van der Waals surface area contributed by atoms with Gasteiger partial charge < -0.3 is 54.9 Å². The second-order valence-electron chi connectivity index (χ2n) is 16.1. The zero-order chi connectivity index (χ0) is 48.9. The molecule has 0 aliphatic heterocycles. The normalized spacial score (nSPS) is 11.1. The van der Waals surface area contributed by atoms with E-state index in [0.29, 0.717) is 74.7 Å². The van der Waals surface area contributed by atoms with Crippen LogP contribution in [0, 0.1) is 3.57 Å². The molecule has 0 radical (unpaired) electrons. The summed E-state index contributed by atoms with van der Waals surface area (Å²) >= 11 is 2.26. The first-order chi connectivity index (χ1) is 33.6. The van der Waals surface area contributed by atoms with E-state index in [1.54, 1.807) is 42.7 Å². The maximum absolute atomic E-state index is 7.33. The van der Waals surface area contributed by atoms with Gasteiger partial charge in [-0.15, -0.1) is 0 Å². The van der Waals surface area contributed by atoms with Gasteiger partial charge in [0, 0.05) is 21.9 Å². The number of fused-ring (bicyclic) bond motifs is 3. The Kier molecular flexibility index (Phi) is 18.4. The molecule has 0 aliphatic rings. The van der Waals surface area contributed by atoms with E-state index >= 15 is 0 Å². The van der Waals surface area contributed by atoms with Gasteiger partial charge in [0.25, 0.3) is 0 Å². The number of hydrogen-bond donors (Lipinski definition) is 0. The highest BCUT2D eigenvalue weighted by molar-refractivity contribution is 14.1. The Hall–Kier alpha value is -5.62. The largest absolute Gasteiger partial charge is 0.530 e. The SMILES string of the molecule is CCCCc1cc(OC)cc(-c2cc(OC)cc(I)c2OP(Oc2ccc(OC)cc2)Oc2ccc(OC)cc2)c1Op1oc2c(CCCC)cc(OC)cc2c2cc(OC)cc(CCCC)c2o1. The average Bonchev–Trinajstić information content (AvgIpc) is 3.53. The number of aryl methyl sites for hydroxylation is 3. The molecule has 0 amide bonds. The molecular formula is C54H61IO12P2. The Labute approximate surface area is 421 Å². The second kappa shape index (κ2) is 24.8. The van der Waals surface area contributed by atoms with E-state index in [1.165, 1.54) is 0 Å². The van der Waals surface area contributed by atoms with Crippen molar-refractivity contribution in [3.05, 3.63) is 117 Å². The zero-order valence-corrected chi connectivity index (χ0v) is 44.7. The molecule has 0 saturated carbocycles. The summed E-state index contributed by atoms with van der Waals surface area (Å²) in [7, 11) is 5.58. The summed E-state index contributed by atoms with van der Waals surface area (Å²) in [5.74, 6) is 6.12. The molecule has 12 nitrogen and oxygen atoms in total. The number of methoxy groups -OCH3 is 6. The maximum Gasteiger partial charge on any atom is 0.530 e. The van der Waals surface area contributed by atoms with Crippen molar-refractivity contribution in [2.24, 2.45) is 0 Å². The van der Waals surface area contributed by atoms with Gasteiger partial charge >= 0.3 is 16.8 Å². The van der Waals surface area contributed by atoms with Crippen LogP contribution >= 0.6 is 39.4 Å². The van der Waals surface area contributed by atoms with E-state index in [-0.39, 0.29) is 0 Å². The van der Waals surface area contributed by atoms with Crippen LogP contribution < -0.4 is 46.5 Å². The van der Waals surface area contributed by atoms with E-state index in [2.05, 4.69) is 55.5 Å². The fraction of sp³-hybridized carbons (Fsp3) is 0.333. The molecule has 0 fully saturated rings. The van der Waals surface area contributed by atoms with E-state index in [9.17, 15) is 0 Å². The van der Waals surface area contributed by atoms with Crippen molar-refractivity contribution in [1.82, 2.24) is 0 Å². The molecule has 0 saturated heterocycles. The number of rotatable bonds is 24. The minimum Gasteiger partial charge on any atom is -0.497 e. The smallest absolute Gasteiger partial charge is 0.497 e. The van der Waals surface area contributed by atoms with Crippen LogP contribution in [0.1, 0.15) is 76.0 Å². The van der Waals surface area contributed by atoms with Crippen LogP contribution in [0.3, 0.4) is 0 Å². The molecule has 15 heteroatoms. The third kappa shape index (κ3) is 12.6. The minimum absolute atomic E-state index is 0.471. The van der Waals surface area contributed by atoms with Crippen molar-refractivity contribution in [3.8, 4) is 68.6 Å². The third-order valence-corrected chi connectivity index (χ3v) is 14.3. The molecule has 0 bridgehead atoms. The molecule has 0 atom stereocenters. The van der Waals surface area contributed by atoms with E-state index in [4.69, 9.17) is 54.9 Å². The predicted molar refractivity (Wildman–Crippen MR) is 284 cm³/mol. The number of hydrogen-bond acceptors (Lipinski definition) is 12. The summed E-state index contributed by atoms with van der Waals surface area (Å²) in [5, 5.41) is 1.70. The summed E-state index contributed by atoms with van der Waals surface area (Å²) in [4.78, 5) is 0. The highest BCUT2D eigenvalue weighted by Crippen LogP contribution is 2.53. The van der Waals surface area contributed by atoms with E-state index < -0.39 is 16.8 Å². The number of ether oxygens (including phenoxy) is 6. The van der Waals surface area contributed by atoms with Crippen LogP contribution in [-0.2, 0) is 19.3 Å². The van der Waals surface area contributed by atoms with Gasteiger partial charge in [0.1, 0.15) is 62.9 Å². The summed E-state index contributed by atoms with van der Waals surface area (Å²) in [6.07, 6.45) is 7.92. The molecule has 366 valence electrons. The van der Waals surface area contributed by atoms with Gasteiger partial charge in [-0.1, -0.05) is 40.0 Å². The van der Waals surface area contributed by atoms with Gasteiger partial charge in [0.2, 0.25) is 0 Å². The Morgan fingerprint density at radius 3 is 1.25 bits per heavy atom. The monoisotopic (exact) mass is 1090 g/mol. The minimum atomic E-state index is -2.17. The highest BCUT2D eigenvalue weighted by Gasteiger charge is 2.29. The van der Waals surface area contributed by atoms with Crippen LogP contribution in [0.5, 0.6) is 57.5 Å². The van der Waals surface area contributed by atoms with Gasteiger partial charge in [0.05, 0.1) is 46.2 Å². The van der Waals surface area contributed by atoms with Gasteiger partial charge in [-0.25, -0.2) is 0 Å². The molecule has 6 aromatic carbocycles. The third-order valence-electron chi connectivity index (χ3n) is 11.5. The standard InChI is InChI=1S/C54H61IO12P2/c1-10-13-16-35-27-42(58-6)30-46-47-31-43(59-7)28-36(17-14-11-2)52(47)65-69(64-51(35)46)66-53-37(18-15-12-3)29-44(60-8)32-48(53)49-33-45(61-9)34-50(55)54(49)67-68(62-40-23-19-38(56-4)20-24-40)63-41-25-21-39(57-5)22-26-41/h19-34H,10-18H2,1-9H3. The Bertz CT molecular complexity index is 2720. The Morgan fingerprint density at radius 2 is 0.812 bits per heavy atom. The number of halogens is 1. The van der Waals surface area contributed by atoms with Crippen LogP contribution in [0.25, 0.3) is 33.1 Å². The summed E-state index contributed by atoms with van der Waals surface area (Å²) in [6, 6.07) is 30.4. The molecule has 0 aliphatic carbocycles. The van der Waals surface area contributed by atoms with Crippen molar-refractivity contribution in [2.75, 3.05) is 42.7 Å². The van der Waals surface area contributed by atoms with Crippen molar-refractivity contribution >= 4 is 61.4 Å². The summed E-state index contributed by atoms with van der Waals surface area (Å²) < 4.78 is 77.0. The fourth-order valence-electron chi connectivity index (χ4n) is 7.75. The molecule has 0 N–H and O–H groups in total. The number of unbranched alkanes of at least 4 members (excludes halogenated alkanes) is 3. The van der Waals surface area contributed by atoms with Crippen LogP contribution in [0.4, 0.5) is 0 Å². The molecule has 0 unspecified atom stereocenters. The molecule has 0 spiro atoms. The quantitative estimate of drug-likeness (QED) is 0.0423.